The summed E-state index contributed by atoms with van der Waals surface area (Å²) in [7, 11) is -3.36. The zero-order valence-corrected chi connectivity index (χ0v) is 12.3. The van der Waals surface area contributed by atoms with Crippen LogP contribution in [0.1, 0.15) is 26.7 Å². The molecule has 108 valence electrons. The van der Waals surface area contributed by atoms with Gasteiger partial charge in [-0.25, -0.2) is 13.1 Å². The summed E-state index contributed by atoms with van der Waals surface area (Å²) in [5.74, 6) is 0. The molecule has 0 heterocycles. The second-order valence-electron chi connectivity index (χ2n) is 4.57. The molecule has 6 heteroatoms. The molecule has 1 aromatic rings. The number of nitrogens with one attached hydrogen (secondary N) is 2. The van der Waals surface area contributed by atoms with Crippen LogP contribution in [-0.2, 0) is 10.0 Å². The Morgan fingerprint density at radius 1 is 1.26 bits per heavy atom. The molecule has 0 fully saturated rings. The Bertz CT molecular complexity index is 469. The number of rotatable bonds is 8. The fourth-order valence-corrected chi connectivity index (χ4v) is 2.72. The highest BCUT2D eigenvalue weighted by Gasteiger charge is 2.11. The molecule has 1 atom stereocenters. The van der Waals surface area contributed by atoms with Crippen molar-refractivity contribution < 1.29 is 8.42 Å². The summed E-state index contributed by atoms with van der Waals surface area (Å²) in [5.41, 5.74) is 6.58. The normalized spacial score (nSPS) is 13.2. The highest BCUT2D eigenvalue weighted by Crippen LogP contribution is 2.14. The van der Waals surface area contributed by atoms with E-state index in [1.165, 1.54) is 0 Å². The Hall–Kier alpha value is -1.11. The average Bonchev–Trinajstić information content (AvgIpc) is 2.35. The third kappa shape index (κ3) is 5.59. The zero-order valence-electron chi connectivity index (χ0n) is 11.5. The van der Waals surface area contributed by atoms with Crippen LogP contribution >= 0.6 is 0 Å². The minimum atomic E-state index is -3.36. The fraction of sp³-hybridized carbons (Fsp3) is 0.538. The van der Waals surface area contributed by atoms with Gasteiger partial charge in [-0.3, -0.25) is 0 Å². The third-order valence-corrected chi connectivity index (χ3v) is 4.23. The van der Waals surface area contributed by atoms with Crippen LogP contribution in [0.15, 0.2) is 29.2 Å². The largest absolute Gasteiger partial charge is 0.385 e. The van der Waals surface area contributed by atoms with E-state index >= 15 is 0 Å². The van der Waals surface area contributed by atoms with Gasteiger partial charge in [0.1, 0.15) is 0 Å². The molecule has 0 aromatic heterocycles. The van der Waals surface area contributed by atoms with Gasteiger partial charge in [-0.1, -0.05) is 6.92 Å². The first-order valence-electron chi connectivity index (χ1n) is 6.55. The maximum absolute atomic E-state index is 11.7. The Morgan fingerprint density at radius 2 is 1.89 bits per heavy atom. The Balaban J connectivity index is 2.52. The maximum atomic E-state index is 11.7. The smallest absolute Gasteiger partial charge is 0.240 e. The molecule has 0 aliphatic rings. The lowest BCUT2D eigenvalue weighted by atomic mass is 10.2. The van der Waals surface area contributed by atoms with Crippen LogP contribution in [0, 0.1) is 0 Å². The van der Waals surface area contributed by atoms with Crippen molar-refractivity contribution in [3.05, 3.63) is 24.3 Å². The quantitative estimate of drug-likeness (QED) is 0.632. The number of hydrogen-bond donors (Lipinski definition) is 3. The van der Waals surface area contributed by atoms with Gasteiger partial charge in [-0.2, -0.15) is 0 Å². The van der Waals surface area contributed by atoms with Gasteiger partial charge in [0, 0.05) is 24.8 Å². The van der Waals surface area contributed by atoms with E-state index in [9.17, 15) is 8.42 Å². The predicted molar refractivity (Wildman–Crippen MR) is 78.7 cm³/mol. The van der Waals surface area contributed by atoms with E-state index in [-0.39, 0.29) is 10.9 Å². The molecule has 5 nitrogen and oxygen atoms in total. The number of nitrogens with two attached hydrogens (primary N) is 1. The molecule has 19 heavy (non-hydrogen) atoms. The standard InChI is InChI=1S/C13H23N3O2S/c1-3-16-19(17,18)13-8-6-12(7-9-13)15-10-4-5-11(2)14/h6-9,11,15-16H,3-5,10,14H2,1-2H3. The van der Waals surface area contributed by atoms with Gasteiger partial charge < -0.3 is 11.1 Å². The molecular formula is C13H23N3O2S. The lowest BCUT2D eigenvalue weighted by molar-refractivity contribution is 0.584. The van der Waals surface area contributed by atoms with Crippen LogP contribution in [0.5, 0.6) is 0 Å². The molecule has 0 spiro atoms. The van der Waals surface area contributed by atoms with Gasteiger partial charge in [0.15, 0.2) is 0 Å². The molecular weight excluding hydrogens is 262 g/mol. The van der Waals surface area contributed by atoms with Crippen molar-refractivity contribution in [3.63, 3.8) is 0 Å². The Morgan fingerprint density at radius 3 is 2.42 bits per heavy atom. The summed E-state index contributed by atoms with van der Waals surface area (Å²) in [6.07, 6.45) is 1.97. The SMILES string of the molecule is CCNS(=O)(=O)c1ccc(NCCCC(C)N)cc1. The van der Waals surface area contributed by atoms with Crippen molar-refractivity contribution in [2.45, 2.75) is 37.6 Å². The highest BCUT2D eigenvalue weighted by atomic mass is 32.2. The average molecular weight is 285 g/mol. The topological polar surface area (TPSA) is 84.2 Å². The van der Waals surface area contributed by atoms with Crippen LogP contribution in [0.4, 0.5) is 5.69 Å². The Kier molecular flexibility index (Phi) is 6.27. The first-order valence-corrected chi connectivity index (χ1v) is 8.03. The van der Waals surface area contributed by atoms with E-state index in [4.69, 9.17) is 5.73 Å². The highest BCUT2D eigenvalue weighted by molar-refractivity contribution is 7.89. The van der Waals surface area contributed by atoms with Crippen molar-refractivity contribution in [1.29, 1.82) is 0 Å². The second kappa shape index (κ2) is 7.47. The van der Waals surface area contributed by atoms with Crippen LogP contribution in [-0.4, -0.2) is 27.5 Å². The van der Waals surface area contributed by atoms with Crippen LogP contribution in [0.3, 0.4) is 0 Å². The first kappa shape index (κ1) is 15.9. The van der Waals surface area contributed by atoms with Crippen LogP contribution in [0.2, 0.25) is 0 Å². The minimum absolute atomic E-state index is 0.217. The van der Waals surface area contributed by atoms with E-state index in [0.717, 1.165) is 25.1 Å². The number of anilines is 1. The number of hydrogen-bond acceptors (Lipinski definition) is 4. The van der Waals surface area contributed by atoms with Gasteiger partial charge in [0.05, 0.1) is 4.90 Å². The predicted octanol–water partition coefficient (Wildman–Crippen LogP) is 1.52. The molecule has 4 N–H and O–H groups in total. The maximum Gasteiger partial charge on any atom is 0.240 e. The summed E-state index contributed by atoms with van der Waals surface area (Å²) in [5, 5.41) is 3.24. The van der Waals surface area contributed by atoms with E-state index in [1.807, 2.05) is 6.92 Å². The second-order valence-corrected chi connectivity index (χ2v) is 6.34. The molecule has 0 amide bonds. The molecule has 0 aliphatic carbocycles. The molecule has 1 unspecified atom stereocenters. The number of benzene rings is 1. The fourth-order valence-electron chi connectivity index (χ4n) is 1.68. The van der Waals surface area contributed by atoms with Crippen molar-refractivity contribution in [3.8, 4) is 0 Å². The lowest BCUT2D eigenvalue weighted by Gasteiger charge is -2.09. The van der Waals surface area contributed by atoms with Crippen molar-refractivity contribution in [2.75, 3.05) is 18.4 Å². The molecule has 0 saturated heterocycles. The van der Waals surface area contributed by atoms with Gasteiger partial charge >= 0.3 is 0 Å². The van der Waals surface area contributed by atoms with Crippen LogP contribution < -0.4 is 15.8 Å². The summed E-state index contributed by atoms with van der Waals surface area (Å²) in [4.78, 5) is 0.287. The molecule has 0 radical (unpaired) electrons. The zero-order chi connectivity index (χ0) is 14.3. The third-order valence-electron chi connectivity index (χ3n) is 2.66. The van der Waals surface area contributed by atoms with Gasteiger partial charge in [-0.15, -0.1) is 0 Å². The lowest BCUT2D eigenvalue weighted by Crippen LogP contribution is -2.23. The molecule has 0 aliphatic heterocycles. The summed E-state index contributed by atoms with van der Waals surface area (Å²) >= 11 is 0. The van der Waals surface area contributed by atoms with Gasteiger partial charge in [0.25, 0.3) is 0 Å². The molecule has 1 rings (SSSR count). The van der Waals surface area contributed by atoms with Crippen molar-refractivity contribution in [1.82, 2.24) is 4.72 Å². The monoisotopic (exact) mass is 285 g/mol. The summed E-state index contributed by atoms with van der Waals surface area (Å²) in [6, 6.07) is 6.97. The van der Waals surface area contributed by atoms with Crippen LogP contribution in [0.25, 0.3) is 0 Å². The van der Waals surface area contributed by atoms with E-state index in [1.54, 1.807) is 31.2 Å². The minimum Gasteiger partial charge on any atom is -0.385 e. The van der Waals surface area contributed by atoms with Gasteiger partial charge in [0.2, 0.25) is 10.0 Å². The molecule has 0 bridgehead atoms. The number of sulfonamides is 1. The molecule has 1 aromatic carbocycles. The summed E-state index contributed by atoms with van der Waals surface area (Å²) < 4.78 is 25.9. The summed E-state index contributed by atoms with van der Waals surface area (Å²) in [6.45, 7) is 4.97. The molecule has 0 saturated carbocycles. The van der Waals surface area contributed by atoms with Crippen molar-refractivity contribution in [2.24, 2.45) is 5.73 Å². The van der Waals surface area contributed by atoms with E-state index < -0.39 is 10.0 Å². The van der Waals surface area contributed by atoms with E-state index in [2.05, 4.69) is 10.0 Å². The van der Waals surface area contributed by atoms with Crippen molar-refractivity contribution >= 4 is 15.7 Å². The first-order chi connectivity index (χ1) is 8.95. The Labute approximate surface area is 115 Å². The van der Waals surface area contributed by atoms with E-state index in [0.29, 0.717) is 6.54 Å². The van der Waals surface area contributed by atoms with Gasteiger partial charge in [-0.05, 0) is 44.0 Å².